The van der Waals surface area contributed by atoms with Gasteiger partial charge in [-0.05, 0) is 54.7 Å². The molecule has 0 spiro atoms. The van der Waals surface area contributed by atoms with Crippen LogP contribution in [0.25, 0.3) is 5.65 Å². The Morgan fingerprint density at radius 3 is 2.88 bits per heavy atom. The molecule has 7 nitrogen and oxygen atoms in total. The summed E-state index contributed by atoms with van der Waals surface area (Å²) in [5.74, 6) is -0.281. The van der Waals surface area contributed by atoms with Crippen molar-refractivity contribution in [2.24, 2.45) is 0 Å². The van der Waals surface area contributed by atoms with Gasteiger partial charge in [0.05, 0.1) is 6.54 Å². The smallest absolute Gasteiger partial charge is 0.251 e. The lowest BCUT2D eigenvalue weighted by atomic mass is 10.1. The Morgan fingerprint density at radius 2 is 1.96 bits per heavy atom. The molecule has 1 aliphatic rings. The molecule has 0 radical (unpaired) electrons. The minimum absolute atomic E-state index is 0.127. The first kappa shape index (κ1) is 15.3. The maximum Gasteiger partial charge on any atom is 0.251 e. The molecule has 7 heteroatoms. The van der Waals surface area contributed by atoms with Crippen molar-refractivity contribution in [1.82, 2.24) is 19.9 Å². The first-order valence-corrected chi connectivity index (χ1v) is 8.20. The number of fused-ring (bicyclic) bond motifs is 2. The molecular formula is C18H17N5O2. The third-order valence-electron chi connectivity index (χ3n) is 4.34. The molecule has 0 saturated carbocycles. The first-order valence-electron chi connectivity index (χ1n) is 8.20. The van der Waals surface area contributed by atoms with Crippen LogP contribution in [0.3, 0.4) is 0 Å². The van der Waals surface area contributed by atoms with Crippen LogP contribution < -0.4 is 10.6 Å². The highest BCUT2D eigenvalue weighted by molar-refractivity contribution is 5.99. The number of nitrogens with one attached hydrogen (secondary N) is 2. The Hall–Kier alpha value is -3.22. The Labute approximate surface area is 144 Å². The number of aromatic nitrogens is 3. The SMILES string of the molecule is O=C(CNC(=O)c1ccc2c(c1)CCC2)Nc1nnc2ccccn12. The summed E-state index contributed by atoms with van der Waals surface area (Å²) in [5.41, 5.74) is 3.77. The number of nitrogens with zero attached hydrogens (tertiary/aromatic N) is 3. The number of hydrogen-bond donors (Lipinski definition) is 2. The summed E-state index contributed by atoms with van der Waals surface area (Å²) in [5, 5.41) is 13.2. The van der Waals surface area contributed by atoms with Crippen molar-refractivity contribution in [3.8, 4) is 0 Å². The van der Waals surface area contributed by atoms with Crippen molar-refractivity contribution in [2.45, 2.75) is 19.3 Å². The zero-order valence-electron chi connectivity index (χ0n) is 13.5. The van der Waals surface area contributed by atoms with Gasteiger partial charge in [-0.1, -0.05) is 12.1 Å². The van der Waals surface area contributed by atoms with E-state index < -0.39 is 0 Å². The molecule has 2 N–H and O–H groups in total. The minimum atomic E-state index is -0.354. The number of pyridine rings is 1. The highest BCUT2D eigenvalue weighted by atomic mass is 16.2. The second kappa shape index (κ2) is 6.35. The Morgan fingerprint density at radius 1 is 1.08 bits per heavy atom. The normalized spacial score (nSPS) is 12.8. The zero-order chi connectivity index (χ0) is 17.2. The van der Waals surface area contributed by atoms with E-state index in [9.17, 15) is 9.59 Å². The van der Waals surface area contributed by atoms with Crippen molar-refractivity contribution in [2.75, 3.05) is 11.9 Å². The summed E-state index contributed by atoms with van der Waals surface area (Å²) in [7, 11) is 0. The van der Waals surface area contributed by atoms with Crippen LogP contribution in [0.15, 0.2) is 42.6 Å². The molecule has 0 aliphatic heterocycles. The van der Waals surface area contributed by atoms with Gasteiger partial charge < -0.3 is 5.32 Å². The van der Waals surface area contributed by atoms with E-state index in [2.05, 4.69) is 20.8 Å². The lowest BCUT2D eigenvalue weighted by Crippen LogP contribution is -2.33. The van der Waals surface area contributed by atoms with E-state index in [1.807, 2.05) is 30.3 Å². The highest BCUT2D eigenvalue weighted by Crippen LogP contribution is 2.22. The van der Waals surface area contributed by atoms with Crippen LogP contribution in [0.1, 0.15) is 27.9 Å². The fourth-order valence-corrected chi connectivity index (χ4v) is 3.07. The van der Waals surface area contributed by atoms with E-state index in [1.165, 1.54) is 11.1 Å². The fourth-order valence-electron chi connectivity index (χ4n) is 3.07. The summed E-state index contributed by atoms with van der Waals surface area (Å²) in [6.45, 7) is -0.127. The van der Waals surface area contributed by atoms with Crippen LogP contribution in [-0.4, -0.2) is 33.0 Å². The van der Waals surface area contributed by atoms with Gasteiger partial charge in [-0.2, -0.15) is 0 Å². The second-order valence-corrected chi connectivity index (χ2v) is 6.02. The molecule has 0 unspecified atom stereocenters. The number of rotatable bonds is 4. The molecule has 0 bridgehead atoms. The van der Waals surface area contributed by atoms with Gasteiger partial charge in [-0.15, -0.1) is 10.2 Å². The van der Waals surface area contributed by atoms with Gasteiger partial charge in [-0.25, -0.2) is 0 Å². The highest BCUT2D eigenvalue weighted by Gasteiger charge is 2.15. The van der Waals surface area contributed by atoms with Crippen molar-refractivity contribution in [1.29, 1.82) is 0 Å². The van der Waals surface area contributed by atoms with Gasteiger partial charge in [0.25, 0.3) is 5.91 Å². The number of hydrogen-bond acceptors (Lipinski definition) is 4. The predicted molar refractivity (Wildman–Crippen MR) is 92.4 cm³/mol. The van der Waals surface area contributed by atoms with Gasteiger partial charge >= 0.3 is 0 Å². The maximum atomic E-state index is 12.2. The molecule has 4 rings (SSSR count). The van der Waals surface area contributed by atoms with E-state index in [0.29, 0.717) is 17.2 Å². The van der Waals surface area contributed by atoms with Gasteiger partial charge in [0.15, 0.2) is 5.65 Å². The van der Waals surface area contributed by atoms with E-state index >= 15 is 0 Å². The van der Waals surface area contributed by atoms with Crippen molar-refractivity contribution >= 4 is 23.4 Å². The summed E-state index contributed by atoms with van der Waals surface area (Å²) < 4.78 is 1.67. The maximum absolute atomic E-state index is 12.2. The Balaban J connectivity index is 1.37. The first-order chi connectivity index (χ1) is 12.2. The number of aryl methyl sites for hydroxylation is 2. The molecule has 126 valence electrons. The second-order valence-electron chi connectivity index (χ2n) is 6.02. The van der Waals surface area contributed by atoms with Crippen LogP contribution in [0.2, 0.25) is 0 Å². The number of anilines is 1. The Bertz CT molecular complexity index is 963. The largest absolute Gasteiger partial charge is 0.343 e. The van der Waals surface area contributed by atoms with Crippen LogP contribution in [0.4, 0.5) is 5.95 Å². The molecule has 1 aromatic carbocycles. The molecule has 1 aliphatic carbocycles. The topological polar surface area (TPSA) is 88.4 Å². The number of carbonyl (C=O) groups excluding carboxylic acids is 2. The van der Waals surface area contributed by atoms with Crippen molar-refractivity contribution in [3.05, 3.63) is 59.3 Å². The lowest BCUT2D eigenvalue weighted by molar-refractivity contribution is -0.115. The lowest BCUT2D eigenvalue weighted by Gasteiger charge is -2.07. The summed E-state index contributed by atoms with van der Waals surface area (Å²) >= 11 is 0. The fraction of sp³-hybridized carbons (Fsp3) is 0.222. The third kappa shape index (κ3) is 3.08. The quantitative estimate of drug-likeness (QED) is 0.758. The molecule has 25 heavy (non-hydrogen) atoms. The summed E-state index contributed by atoms with van der Waals surface area (Å²) in [6, 6.07) is 11.2. The summed E-state index contributed by atoms with van der Waals surface area (Å²) in [4.78, 5) is 24.3. The van der Waals surface area contributed by atoms with Gasteiger partial charge in [0.1, 0.15) is 0 Å². The number of benzene rings is 1. The summed E-state index contributed by atoms with van der Waals surface area (Å²) in [6.07, 6.45) is 4.98. The molecule has 2 amide bonds. The Kier molecular flexibility index (Phi) is 3.89. The van der Waals surface area contributed by atoms with Gasteiger partial charge in [-0.3, -0.25) is 19.3 Å². The van der Waals surface area contributed by atoms with Crippen LogP contribution in [-0.2, 0) is 17.6 Å². The average molecular weight is 335 g/mol. The monoisotopic (exact) mass is 335 g/mol. The number of carbonyl (C=O) groups is 2. The minimum Gasteiger partial charge on any atom is -0.343 e. The van der Waals surface area contributed by atoms with Crippen LogP contribution >= 0.6 is 0 Å². The molecule has 0 atom stereocenters. The van der Waals surface area contributed by atoms with Gasteiger partial charge in [0, 0.05) is 11.8 Å². The predicted octanol–water partition coefficient (Wildman–Crippen LogP) is 1.59. The molecule has 0 fully saturated rings. The standard InChI is InChI=1S/C18H17N5O2/c24-16(20-18-22-21-15-6-1-2-9-23(15)18)11-19-17(25)14-8-7-12-4-3-5-13(12)10-14/h1-2,6-10H,3-5,11H2,(H,19,25)(H,20,22,24). The molecular weight excluding hydrogens is 318 g/mol. The van der Waals surface area contributed by atoms with E-state index in [0.717, 1.165) is 19.3 Å². The molecule has 2 aromatic heterocycles. The van der Waals surface area contributed by atoms with E-state index in [4.69, 9.17) is 0 Å². The third-order valence-corrected chi connectivity index (χ3v) is 4.34. The van der Waals surface area contributed by atoms with Crippen LogP contribution in [0.5, 0.6) is 0 Å². The van der Waals surface area contributed by atoms with E-state index in [1.54, 1.807) is 16.7 Å². The molecule has 2 heterocycles. The molecule has 3 aromatic rings. The van der Waals surface area contributed by atoms with Crippen LogP contribution in [0, 0.1) is 0 Å². The number of amides is 2. The zero-order valence-corrected chi connectivity index (χ0v) is 13.5. The average Bonchev–Trinajstić information content (AvgIpc) is 3.26. The molecule has 0 saturated heterocycles. The van der Waals surface area contributed by atoms with Gasteiger partial charge in [0.2, 0.25) is 11.9 Å². The van der Waals surface area contributed by atoms with E-state index in [-0.39, 0.29) is 18.4 Å². The van der Waals surface area contributed by atoms with Crippen molar-refractivity contribution < 1.29 is 9.59 Å². The van der Waals surface area contributed by atoms with Crippen molar-refractivity contribution in [3.63, 3.8) is 0 Å².